The highest BCUT2D eigenvalue weighted by molar-refractivity contribution is 5.94. The molecule has 3 rings (SSSR count). The van der Waals surface area contributed by atoms with Gasteiger partial charge in [-0.2, -0.15) is 0 Å². The van der Waals surface area contributed by atoms with Crippen molar-refractivity contribution in [3.05, 3.63) is 34.9 Å². The Balaban J connectivity index is 1.64. The predicted octanol–water partition coefficient (Wildman–Crippen LogP) is 0.598. The lowest BCUT2D eigenvalue weighted by atomic mass is 10.0. The van der Waals surface area contributed by atoms with Gasteiger partial charge in [0.15, 0.2) is 0 Å². The molecule has 0 radical (unpaired) electrons. The molecule has 19 heavy (non-hydrogen) atoms. The maximum absolute atomic E-state index is 12.0. The van der Waals surface area contributed by atoms with Gasteiger partial charge in [0.2, 0.25) is 0 Å². The summed E-state index contributed by atoms with van der Waals surface area (Å²) in [5.74, 6) is -0.171. The van der Waals surface area contributed by atoms with Crippen LogP contribution in [0.3, 0.4) is 0 Å². The van der Waals surface area contributed by atoms with E-state index < -0.39 is 5.60 Å². The summed E-state index contributed by atoms with van der Waals surface area (Å²) < 4.78 is 10.5. The van der Waals surface area contributed by atoms with Crippen LogP contribution in [-0.4, -0.2) is 36.4 Å². The highest BCUT2D eigenvalue weighted by Gasteiger charge is 2.32. The van der Waals surface area contributed by atoms with Crippen LogP contribution < -0.4 is 5.32 Å². The van der Waals surface area contributed by atoms with Gasteiger partial charge in [-0.05, 0) is 23.3 Å². The van der Waals surface area contributed by atoms with E-state index in [1.165, 1.54) is 0 Å². The number of aliphatic hydroxyl groups is 1. The van der Waals surface area contributed by atoms with Crippen molar-refractivity contribution in [3.8, 4) is 0 Å². The Hall–Kier alpha value is -1.43. The van der Waals surface area contributed by atoms with Gasteiger partial charge in [0.25, 0.3) is 5.91 Å². The van der Waals surface area contributed by atoms with Crippen molar-refractivity contribution in [2.75, 3.05) is 19.8 Å². The Morgan fingerprint density at radius 3 is 2.95 bits per heavy atom. The normalized spacial score (nSPS) is 25.3. The van der Waals surface area contributed by atoms with Crippen LogP contribution in [0, 0.1) is 0 Å². The standard InChI is InChI=1S/C14H17NO4/c16-13(15-8-14(17)3-4-18-9-14)10-1-2-11-6-19-7-12(11)5-10/h1-2,5,17H,3-4,6-9H2,(H,15,16). The van der Waals surface area contributed by atoms with E-state index in [2.05, 4.69) is 5.32 Å². The van der Waals surface area contributed by atoms with Crippen molar-refractivity contribution < 1.29 is 19.4 Å². The van der Waals surface area contributed by atoms with Gasteiger partial charge in [-0.3, -0.25) is 4.79 Å². The van der Waals surface area contributed by atoms with Gasteiger partial charge in [0, 0.05) is 25.1 Å². The fraction of sp³-hybridized carbons (Fsp3) is 0.500. The van der Waals surface area contributed by atoms with Crippen LogP contribution in [0.1, 0.15) is 27.9 Å². The zero-order chi connectivity index (χ0) is 13.3. The third-order valence-corrected chi connectivity index (χ3v) is 3.64. The fourth-order valence-corrected chi connectivity index (χ4v) is 2.40. The van der Waals surface area contributed by atoms with Gasteiger partial charge >= 0.3 is 0 Å². The molecular weight excluding hydrogens is 246 g/mol. The number of rotatable bonds is 3. The fourth-order valence-electron chi connectivity index (χ4n) is 2.40. The second-order valence-electron chi connectivity index (χ2n) is 5.19. The van der Waals surface area contributed by atoms with Gasteiger partial charge in [0.05, 0.1) is 19.8 Å². The predicted molar refractivity (Wildman–Crippen MR) is 67.7 cm³/mol. The third-order valence-electron chi connectivity index (χ3n) is 3.64. The van der Waals surface area contributed by atoms with Crippen molar-refractivity contribution in [1.82, 2.24) is 5.32 Å². The molecule has 0 aromatic heterocycles. The minimum absolute atomic E-state index is 0.171. The number of carbonyl (C=O) groups excluding carboxylic acids is 1. The van der Waals surface area contributed by atoms with Crippen molar-refractivity contribution in [1.29, 1.82) is 0 Å². The maximum Gasteiger partial charge on any atom is 0.251 e. The first-order valence-corrected chi connectivity index (χ1v) is 6.44. The van der Waals surface area contributed by atoms with E-state index in [0.29, 0.717) is 31.8 Å². The molecule has 2 aliphatic heterocycles. The molecule has 1 amide bonds. The summed E-state index contributed by atoms with van der Waals surface area (Å²) in [5.41, 5.74) is 1.89. The molecule has 1 saturated heterocycles. The number of nitrogens with one attached hydrogen (secondary N) is 1. The average molecular weight is 263 g/mol. The second kappa shape index (κ2) is 4.92. The van der Waals surface area contributed by atoms with E-state index in [9.17, 15) is 9.90 Å². The molecule has 1 atom stereocenters. The minimum Gasteiger partial charge on any atom is -0.386 e. The van der Waals surface area contributed by atoms with Crippen LogP contribution in [0.5, 0.6) is 0 Å². The number of fused-ring (bicyclic) bond motifs is 1. The summed E-state index contributed by atoms with van der Waals surface area (Å²) in [6, 6.07) is 5.57. The molecule has 1 unspecified atom stereocenters. The number of benzene rings is 1. The molecule has 1 aromatic carbocycles. The van der Waals surface area contributed by atoms with E-state index in [-0.39, 0.29) is 19.1 Å². The summed E-state index contributed by atoms with van der Waals surface area (Å²) in [4.78, 5) is 12.0. The maximum atomic E-state index is 12.0. The molecule has 2 N–H and O–H groups in total. The Kier molecular flexibility index (Phi) is 3.26. The smallest absolute Gasteiger partial charge is 0.251 e. The topological polar surface area (TPSA) is 67.8 Å². The van der Waals surface area contributed by atoms with Crippen molar-refractivity contribution in [2.45, 2.75) is 25.2 Å². The van der Waals surface area contributed by atoms with Crippen LogP contribution >= 0.6 is 0 Å². The molecule has 1 fully saturated rings. The number of ether oxygens (including phenoxy) is 2. The van der Waals surface area contributed by atoms with Gasteiger partial charge in [-0.25, -0.2) is 0 Å². The molecule has 1 aromatic rings. The number of hydrogen-bond acceptors (Lipinski definition) is 4. The van der Waals surface area contributed by atoms with E-state index in [1.807, 2.05) is 12.1 Å². The molecule has 5 nitrogen and oxygen atoms in total. The number of amides is 1. The lowest BCUT2D eigenvalue weighted by Crippen LogP contribution is -2.43. The summed E-state index contributed by atoms with van der Waals surface area (Å²) in [6.07, 6.45) is 0.561. The van der Waals surface area contributed by atoms with E-state index in [1.54, 1.807) is 6.07 Å². The zero-order valence-corrected chi connectivity index (χ0v) is 10.6. The molecular formula is C14H17NO4. The highest BCUT2D eigenvalue weighted by atomic mass is 16.5. The van der Waals surface area contributed by atoms with Gasteiger partial charge in [-0.15, -0.1) is 0 Å². The quantitative estimate of drug-likeness (QED) is 0.838. The second-order valence-corrected chi connectivity index (χ2v) is 5.19. The third kappa shape index (κ3) is 2.63. The average Bonchev–Trinajstić information content (AvgIpc) is 3.04. The lowest BCUT2D eigenvalue weighted by Gasteiger charge is -2.20. The molecule has 0 saturated carbocycles. The molecule has 102 valence electrons. The largest absolute Gasteiger partial charge is 0.386 e. The minimum atomic E-state index is -0.921. The van der Waals surface area contributed by atoms with Gasteiger partial charge in [-0.1, -0.05) is 6.07 Å². The van der Waals surface area contributed by atoms with Crippen molar-refractivity contribution in [2.24, 2.45) is 0 Å². The number of carbonyl (C=O) groups is 1. The summed E-state index contributed by atoms with van der Waals surface area (Å²) in [5, 5.41) is 12.8. The lowest BCUT2D eigenvalue weighted by molar-refractivity contribution is 0.0264. The zero-order valence-electron chi connectivity index (χ0n) is 10.6. The number of hydrogen-bond donors (Lipinski definition) is 2. The molecule has 2 heterocycles. The molecule has 5 heteroatoms. The molecule has 0 aliphatic carbocycles. The summed E-state index contributed by atoms with van der Waals surface area (Å²) in [6.45, 7) is 2.23. The first kappa shape index (κ1) is 12.6. The SMILES string of the molecule is O=C(NCC1(O)CCOC1)c1ccc2c(c1)COC2. The monoisotopic (exact) mass is 263 g/mol. The van der Waals surface area contributed by atoms with Crippen LogP contribution in [0.15, 0.2) is 18.2 Å². The van der Waals surface area contributed by atoms with Gasteiger partial charge in [0.1, 0.15) is 5.60 Å². The van der Waals surface area contributed by atoms with Crippen molar-refractivity contribution >= 4 is 5.91 Å². The Morgan fingerprint density at radius 2 is 2.16 bits per heavy atom. The summed E-state index contributed by atoms with van der Waals surface area (Å²) >= 11 is 0. The highest BCUT2D eigenvalue weighted by Crippen LogP contribution is 2.21. The van der Waals surface area contributed by atoms with E-state index in [4.69, 9.17) is 9.47 Å². The molecule has 2 aliphatic rings. The first-order chi connectivity index (χ1) is 9.16. The summed E-state index contributed by atoms with van der Waals surface area (Å²) in [7, 11) is 0. The molecule has 0 spiro atoms. The van der Waals surface area contributed by atoms with Crippen LogP contribution in [-0.2, 0) is 22.7 Å². The van der Waals surface area contributed by atoms with Crippen LogP contribution in [0.2, 0.25) is 0 Å². The van der Waals surface area contributed by atoms with Crippen LogP contribution in [0.25, 0.3) is 0 Å². The Morgan fingerprint density at radius 1 is 1.32 bits per heavy atom. The molecule has 0 bridgehead atoms. The van der Waals surface area contributed by atoms with E-state index >= 15 is 0 Å². The Labute approximate surface area is 111 Å². The van der Waals surface area contributed by atoms with Crippen molar-refractivity contribution in [3.63, 3.8) is 0 Å². The first-order valence-electron chi connectivity index (χ1n) is 6.44. The van der Waals surface area contributed by atoms with E-state index in [0.717, 1.165) is 11.1 Å². The van der Waals surface area contributed by atoms with Crippen LogP contribution in [0.4, 0.5) is 0 Å². The Bertz CT molecular complexity index is 494. The van der Waals surface area contributed by atoms with Gasteiger partial charge < -0.3 is 19.9 Å².